The largest absolute Gasteiger partial charge is 0.192 e. The van der Waals surface area contributed by atoms with Crippen LogP contribution in [0.1, 0.15) is 5.56 Å². The van der Waals surface area contributed by atoms with Gasteiger partial charge >= 0.3 is 0 Å². The number of fused-ring (bicyclic) bond motifs is 6. The number of rotatable bonds is 5. The Kier molecular flexibility index (Phi) is 7.67. The average molecular weight is 758 g/mol. The van der Waals surface area contributed by atoms with Crippen LogP contribution in [0.2, 0.25) is 0 Å². The molecule has 276 valence electrons. The fourth-order valence-electron chi connectivity index (χ4n) is 10.2. The lowest BCUT2D eigenvalue weighted by atomic mass is 9.82. The third kappa shape index (κ3) is 4.98. The van der Waals surface area contributed by atoms with Crippen molar-refractivity contribution < 1.29 is 0 Å². The second-order valence-corrected chi connectivity index (χ2v) is 15.7. The van der Waals surface area contributed by atoms with E-state index in [0.29, 0.717) is 5.56 Å². The van der Waals surface area contributed by atoms with Gasteiger partial charge in [0.05, 0.1) is 11.6 Å². The van der Waals surface area contributed by atoms with Crippen molar-refractivity contribution >= 4 is 43.1 Å². The number of benzene rings is 11. The van der Waals surface area contributed by atoms with Crippen molar-refractivity contribution in [2.75, 3.05) is 0 Å². The van der Waals surface area contributed by atoms with Gasteiger partial charge in [0, 0.05) is 5.56 Å². The Balaban J connectivity index is 1.14. The topological polar surface area (TPSA) is 23.8 Å². The first kappa shape index (κ1) is 34.0. The van der Waals surface area contributed by atoms with Crippen molar-refractivity contribution in [3.63, 3.8) is 0 Å². The third-order valence-electron chi connectivity index (χ3n) is 12.6. The Bertz CT molecular complexity index is 3430. The predicted octanol–water partition coefficient (Wildman–Crippen LogP) is 16.2. The Morgan fingerprint density at radius 2 is 0.633 bits per heavy atom. The summed E-state index contributed by atoms with van der Waals surface area (Å²) in [6.07, 6.45) is 0. The maximum absolute atomic E-state index is 10.8. The molecular weight excluding hydrogens is 723 g/mol. The Morgan fingerprint density at radius 3 is 1.12 bits per heavy atom. The van der Waals surface area contributed by atoms with Gasteiger partial charge in [0.25, 0.3) is 0 Å². The summed E-state index contributed by atoms with van der Waals surface area (Å²) in [4.78, 5) is 0. The highest BCUT2D eigenvalue weighted by Crippen LogP contribution is 2.58. The first-order valence-electron chi connectivity index (χ1n) is 20.6. The highest BCUT2D eigenvalue weighted by atomic mass is 14.3. The number of nitrogens with zero attached hydrogens (tertiary/aromatic N) is 1. The quantitative estimate of drug-likeness (QED) is 0.160. The monoisotopic (exact) mass is 757 g/mol. The number of nitriles is 1. The number of hydrogen-bond donors (Lipinski definition) is 0. The molecule has 0 aliphatic heterocycles. The Morgan fingerprint density at radius 1 is 0.250 bits per heavy atom. The molecule has 0 aromatic heterocycles. The fourth-order valence-corrected chi connectivity index (χ4v) is 10.2. The average Bonchev–Trinajstić information content (AvgIpc) is 3.65. The second-order valence-electron chi connectivity index (χ2n) is 15.7. The van der Waals surface area contributed by atoms with Gasteiger partial charge in [0.2, 0.25) is 0 Å². The maximum Gasteiger partial charge on any atom is 0.0998 e. The highest BCUT2D eigenvalue weighted by molar-refractivity contribution is 6.29. The molecule has 0 saturated heterocycles. The van der Waals surface area contributed by atoms with Crippen molar-refractivity contribution in [1.82, 2.24) is 0 Å². The van der Waals surface area contributed by atoms with Crippen molar-refractivity contribution in [2.45, 2.75) is 0 Å². The molecule has 1 nitrogen and oxygen atoms in total. The van der Waals surface area contributed by atoms with Crippen LogP contribution in [-0.4, -0.2) is 0 Å². The van der Waals surface area contributed by atoms with Gasteiger partial charge in [-0.15, -0.1) is 0 Å². The normalized spacial score (nSPS) is 11.7. The van der Waals surface area contributed by atoms with E-state index in [4.69, 9.17) is 0 Å². The van der Waals surface area contributed by atoms with Gasteiger partial charge in [-0.05, 0) is 128 Å². The molecule has 11 aromatic carbocycles. The molecule has 0 amide bonds. The molecule has 12 rings (SSSR count). The molecule has 0 saturated carbocycles. The van der Waals surface area contributed by atoms with Gasteiger partial charge in [0.1, 0.15) is 0 Å². The maximum atomic E-state index is 10.8. The summed E-state index contributed by atoms with van der Waals surface area (Å²) in [6, 6.07) is 79.2. The molecule has 0 atom stereocenters. The zero-order valence-electron chi connectivity index (χ0n) is 32.7. The van der Waals surface area contributed by atoms with Crippen LogP contribution in [0.3, 0.4) is 0 Å². The summed E-state index contributed by atoms with van der Waals surface area (Å²) in [7, 11) is 0. The summed E-state index contributed by atoms with van der Waals surface area (Å²) in [5, 5.41) is 20.4. The van der Waals surface area contributed by atoms with Gasteiger partial charge < -0.3 is 0 Å². The molecule has 1 heteroatoms. The van der Waals surface area contributed by atoms with E-state index in [1.807, 2.05) is 6.07 Å². The molecule has 0 heterocycles. The van der Waals surface area contributed by atoms with E-state index in [1.165, 1.54) is 98.9 Å². The molecule has 0 bridgehead atoms. The van der Waals surface area contributed by atoms with E-state index >= 15 is 0 Å². The first-order chi connectivity index (χ1) is 29.8. The van der Waals surface area contributed by atoms with Crippen molar-refractivity contribution in [3.05, 3.63) is 218 Å². The summed E-state index contributed by atoms with van der Waals surface area (Å²) >= 11 is 0. The minimum atomic E-state index is 0.658. The lowest BCUT2D eigenvalue weighted by molar-refractivity contribution is 1.48. The van der Waals surface area contributed by atoms with Gasteiger partial charge in [-0.2, -0.15) is 5.26 Å². The van der Waals surface area contributed by atoms with Gasteiger partial charge in [-0.3, -0.25) is 0 Å². The van der Waals surface area contributed by atoms with Crippen molar-refractivity contribution in [2.24, 2.45) is 0 Å². The lowest BCUT2D eigenvalue weighted by Gasteiger charge is -2.20. The number of hydrogen-bond acceptors (Lipinski definition) is 1. The predicted molar refractivity (Wildman–Crippen MR) is 253 cm³/mol. The minimum Gasteiger partial charge on any atom is -0.192 e. The van der Waals surface area contributed by atoms with E-state index in [0.717, 1.165) is 22.1 Å². The van der Waals surface area contributed by atoms with E-state index in [9.17, 15) is 5.26 Å². The van der Waals surface area contributed by atoms with E-state index in [-0.39, 0.29) is 0 Å². The van der Waals surface area contributed by atoms with E-state index in [1.54, 1.807) is 0 Å². The van der Waals surface area contributed by atoms with Gasteiger partial charge in [0.15, 0.2) is 0 Å². The lowest BCUT2D eigenvalue weighted by Crippen LogP contribution is -1.93. The second kappa shape index (κ2) is 13.5. The molecule has 0 N–H and O–H groups in total. The fraction of sp³-hybridized carbons (Fsp3) is 0. The molecule has 0 fully saturated rings. The van der Waals surface area contributed by atoms with Crippen LogP contribution in [0.4, 0.5) is 0 Å². The van der Waals surface area contributed by atoms with Crippen LogP contribution < -0.4 is 0 Å². The van der Waals surface area contributed by atoms with Crippen molar-refractivity contribution in [1.29, 1.82) is 5.26 Å². The highest BCUT2D eigenvalue weighted by Gasteiger charge is 2.31. The summed E-state index contributed by atoms with van der Waals surface area (Å²) in [5.74, 6) is 0. The molecule has 0 spiro atoms. The Labute approximate surface area is 348 Å². The van der Waals surface area contributed by atoms with Crippen LogP contribution in [-0.2, 0) is 0 Å². The molecule has 0 radical (unpaired) electrons. The molecule has 11 aromatic rings. The van der Waals surface area contributed by atoms with E-state index < -0.39 is 0 Å². The SMILES string of the molecule is N#Cc1ccc(-c2c3ccccc3c(-c3ccccc3)c3ccccc23)cc1-c1ccc2c3c(cccc13)-c1c-2c(-c2ccccc2)c2ccccc2c1-c1ccccc1. The molecule has 60 heavy (non-hydrogen) atoms. The Hall–Kier alpha value is -8.05. The third-order valence-corrected chi connectivity index (χ3v) is 12.6. The summed E-state index contributed by atoms with van der Waals surface area (Å²) < 4.78 is 0. The van der Waals surface area contributed by atoms with Crippen molar-refractivity contribution in [3.8, 4) is 84.0 Å². The summed E-state index contributed by atoms with van der Waals surface area (Å²) in [6.45, 7) is 0. The first-order valence-corrected chi connectivity index (χ1v) is 20.6. The van der Waals surface area contributed by atoms with Crippen LogP contribution >= 0.6 is 0 Å². The molecule has 1 aliphatic carbocycles. The molecule has 0 unspecified atom stereocenters. The zero-order valence-corrected chi connectivity index (χ0v) is 32.7. The van der Waals surface area contributed by atoms with Crippen LogP contribution in [0.25, 0.3) is 121 Å². The minimum absolute atomic E-state index is 0.658. The van der Waals surface area contributed by atoms with Crippen LogP contribution in [0, 0.1) is 11.3 Å². The summed E-state index contributed by atoms with van der Waals surface area (Å²) in [5.41, 5.74) is 17.3. The van der Waals surface area contributed by atoms with Gasteiger partial charge in [-0.25, -0.2) is 0 Å². The van der Waals surface area contributed by atoms with E-state index in [2.05, 4.69) is 212 Å². The molecule has 1 aliphatic rings. The van der Waals surface area contributed by atoms with Crippen LogP contribution in [0.5, 0.6) is 0 Å². The zero-order chi connectivity index (χ0) is 39.7. The molecular formula is C59H35N. The smallest absolute Gasteiger partial charge is 0.0998 e. The van der Waals surface area contributed by atoms with Gasteiger partial charge in [-0.1, -0.05) is 200 Å². The standard InChI is InChI=1S/C59H35N/c60-36-41-32-31-40(54-46-25-12-10-23-44(46)53(37-17-4-1-5-18-37)45-24-11-13-26-47(45)54)35-52(41)42-33-34-51-57-43(42)29-16-30-50(57)58-55(38-19-6-2-7-20-38)48-27-14-15-28-49(48)56(59(51)58)39-21-8-3-9-22-39/h1-35H. The van der Waals surface area contributed by atoms with Crippen LogP contribution in [0.15, 0.2) is 212 Å².